The molecule has 1 aromatic carbocycles. The zero-order chi connectivity index (χ0) is 22.0. The molecule has 3 N–H and O–H groups in total. The topological polar surface area (TPSA) is 84.9 Å². The van der Waals surface area contributed by atoms with Gasteiger partial charge < -0.3 is 16.0 Å². The molecule has 9 heteroatoms. The largest absolute Gasteiger partial charge is 0.384 e. The van der Waals surface area contributed by atoms with Crippen LogP contribution in [-0.2, 0) is 0 Å². The summed E-state index contributed by atoms with van der Waals surface area (Å²) in [7, 11) is 0. The van der Waals surface area contributed by atoms with Gasteiger partial charge in [-0.15, -0.1) is 0 Å². The van der Waals surface area contributed by atoms with E-state index in [2.05, 4.69) is 15.3 Å². The first-order valence-electron chi connectivity index (χ1n) is 10.5. The number of nitrogens with two attached hydrogens (primary N) is 1. The summed E-state index contributed by atoms with van der Waals surface area (Å²) in [6.45, 7) is 4.93. The van der Waals surface area contributed by atoms with Gasteiger partial charge in [0.25, 0.3) is 0 Å². The van der Waals surface area contributed by atoms with E-state index in [0.717, 1.165) is 18.7 Å². The van der Waals surface area contributed by atoms with Crippen molar-refractivity contribution >= 4 is 22.7 Å². The molecule has 2 aliphatic rings. The minimum Gasteiger partial charge on any atom is -0.384 e. The van der Waals surface area contributed by atoms with Crippen LogP contribution in [0.4, 0.5) is 20.3 Å². The van der Waals surface area contributed by atoms with Gasteiger partial charge in [-0.3, -0.25) is 4.57 Å². The van der Waals surface area contributed by atoms with Gasteiger partial charge in [0.1, 0.15) is 22.8 Å². The summed E-state index contributed by atoms with van der Waals surface area (Å²) in [5.74, 6) is -0.184. The number of nitrogens with one attached hydrogen (secondary N) is 1. The number of nitrogens with zero attached hydrogens (tertiary/aromatic N) is 5. The molecule has 1 spiro atoms. The van der Waals surface area contributed by atoms with E-state index in [0.29, 0.717) is 47.3 Å². The summed E-state index contributed by atoms with van der Waals surface area (Å²) in [6, 6.07) is 9.93. The van der Waals surface area contributed by atoms with Crippen LogP contribution in [-0.4, -0.2) is 45.7 Å². The lowest BCUT2D eigenvalue weighted by Crippen LogP contribution is -2.71. The maximum atomic E-state index is 15.1. The van der Waals surface area contributed by atoms with E-state index < -0.39 is 11.6 Å². The molecule has 3 aromatic heterocycles. The molecule has 0 amide bonds. The number of aryl methyl sites for hydroxylation is 1. The third kappa shape index (κ3) is 2.85. The van der Waals surface area contributed by atoms with Crippen molar-refractivity contribution in [2.45, 2.75) is 6.92 Å². The third-order valence-electron chi connectivity index (χ3n) is 6.38. The lowest BCUT2D eigenvalue weighted by molar-refractivity contribution is 0.119. The number of aromatic nitrogens is 4. The van der Waals surface area contributed by atoms with Crippen LogP contribution in [0, 0.1) is 24.0 Å². The highest BCUT2D eigenvalue weighted by Crippen LogP contribution is 2.40. The molecule has 2 saturated heterocycles. The Balaban J connectivity index is 1.42. The van der Waals surface area contributed by atoms with E-state index in [1.54, 1.807) is 28.7 Å². The van der Waals surface area contributed by atoms with E-state index in [1.807, 2.05) is 18.2 Å². The number of anilines is 2. The Kier molecular flexibility index (Phi) is 4.00. The van der Waals surface area contributed by atoms with Crippen LogP contribution in [0.25, 0.3) is 28.1 Å². The van der Waals surface area contributed by atoms with E-state index in [-0.39, 0.29) is 11.1 Å². The van der Waals surface area contributed by atoms with E-state index in [1.165, 1.54) is 12.1 Å². The van der Waals surface area contributed by atoms with E-state index in [9.17, 15) is 0 Å². The summed E-state index contributed by atoms with van der Waals surface area (Å²) in [5.41, 5.74) is 8.99. The molecule has 5 heterocycles. The van der Waals surface area contributed by atoms with Crippen molar-refractivity contribution < 1.29 is 8.78 Å². The molecule has 32 heavy (non-hydrogen) atoms. The quantitative estimate of drug-likeness (QED) is 0.517. The molecule has 0 bridgehead atoms. The second kappa shape index (κ2) is 6.70. The molecular weight excluding hydrogens is 412 g/mol. The first kappa shape index (κ1) is 19.1. The van der Waals surface area contributed by atoms with Crippen molar-refractivity contribution in [3.05, 3.63) is 60.1 Å². The summed E-state index contributed by atoms with van der Waals surface area (Å²) >= 11 is 0. The highest BCUT2D eigenvalue weighted by Gasteiger charge is 2.48. The predicted molar refractivity (Wildman–Crippen MR) is 119 cm³/mol. The monoisotopic (exact) mass is 433 g/mol. The number of hydrogen-bond acceptors (Lipinski definition) is 6. The van der Waals surface area contributed by atoms with Gasteiger partial charge in [0.05, 0.1) is 11.4 Å². The van der Waals surface area contributed by atoms with Crippen LogP contribution >= 0.6 is 0 Å². The van der Waals surface area contributed by atoms with Gasteiger partial charge in [0, 0.05) is 55.5 Å². The Morgan fingerprint density at radius 2 is 1.78 bits per heavy atom. The minimum atomic E-state index is -0.582. The standard InChI is InChI=1S/C23H21F2N7/c1-13-29-19-3-2-18(14-4-5-28-20(26)6-14)30-22(19)32(13)15-7-16(24)21(17(25)8-15)31-11-23(12-31)9-27-10-23/h2-8,27H,9-12H2,1H3,(H2,26,28). The Morgan fingerprint density at radius 3 is 2.44 bits per heavy atom. The van der Waals surface area contributed by atoms with Crippen molar-refractivity contribution in [3.8, 4) is 16.9 Å². The second-order valence-corrected chi connectivity index (χ2v) is 8.72. The smallest absolute Gasteiger partial charge is 0.165 e. The van der Waals surface area contributed by atoms with E-state index >= 15 is 8.78 Å². The zero-order valence-corrected chi connectivity index (χ0v) is 17.4. The molecule has 2 fully saturated rings. The van der Waals surface area contributed by atoms with Gasteiger partial charge in [-0.05, 0) is 31.2 Å². The van der Waals surface area contributed by atoms with Gasteiger partial charge in [-0.2, -0.15) is 0 Å². The normalized spacial score (nSPS) is 16.9. The summed E-state index contributed by atoms with van der Waals surface area (Å²) in [4.78, 5) is 15.0. The fourth-order valence-corrected chi connectivity index (χ4v) is 4.76. The summed E-state index contributed by atoms with van der Waals surface area (Å²) in [6.07, 6.45) is 1.61. The maximum absolute atomic E-state index is 15.1. The molecule has 0 aliphatic carbocycles. The molecule has 7 nitrogen and oxygen atoms in total. The Hall–Kier alpha value is -3.59. The second-order valence-electron chi connectivity index (χ2n) is 8.72. The molecule has 0 radical (unpaired) electrons. The van der Waals surface area contributed by atoms with Crippen LogP contribution in [0.5, 0.6) is 0 Å². The molecule has 0 unspecified atom stereocenters. The van der Waals surface area contributed by atoms with Crippen molar-refractivity contribution in [3.63, 3.8) is 0 Å². The van der Waals surface area contributed by atoms with Crippen LogP contribution in [0.2, 0.25) is 0 Å². The third-order valence-corrected chi connectivity index (χ3v) is 6.38. The lowest BCUT2D eigenvalue weighted by atomic mass is 9.74. The molecule has 0 saturated carbocycles. The zero-order valence-electron chi connectivity index (χ0n) is 17.4. The Morgan fingerprint density at radius 1 is 1.03 bits per heavy atom. The van der Waals surface area contributed by atoms with Gasteiger partial charge in [-0.25, -0.2) is 23.7 Å². The lowest BCUT2D eigenvalue weighted by Gasteiger charge is -2.57. The average Bonchev–Trinajstić information content (AvgIpc) is 3.02. The molecule has 6 rings (SSSR count). The fraction of sp³-hybridized carbons (Fsp3) is 0.261. The fourth-order valence-electron chi connectivity index (χ4n) is 4.76. The van der Waals surface area contributed by atoms with Crippen LogP contribution < -0.4 is 16.0 Å². The first-order chi connectivity index (χ1) is 15.4. The maximum Gasteiger partial charge on any atom is 0.165 e. The van der Waals surface area contributed by atoms with Crippen LogP contribution in [0.15, 0.2) is 42.6 Å². The van der Waals surface area contributed by atoms with Gasteiger partial charge >= 0.3 is 0 Å². The van der Waals surface area contributed by atoms with Crippen LogP contribution in [0.3, 0.4) is 0 Å². The van der Waals surface area contributed by atoms with Crippen molar-refractivity contribution in [2.75, 3.05) is 36.8 Å². The number of imidazole rings is 1. The Bertz CT molecular complexity index is 1350. The average molecular weight is 433 g/mol. The van der Waals surface area contributed by atoms with Crippen LogP contribution in [0.1, 0.15) is 5.82 Å². The molecule has 4 aromatic rings. The number of fused-ring (bicyclic) bond motifs is 1. The Labute approximate surface area is 182 Å². The van der Waals surface area contributed by atoms with Gasteiger partial charge in [0.15, 0.2) is 17.3 Å². The number of benzene rings is 1. The molecule has 0 atom stereocenters. The predicted octanol–water partition coefficient (Wildman–Crippen LogP) is 3.06. The summed E-state index contributed by atoms with van der Waals surface area (Å²) < 4.78 is 31.9. The molecule has 2 aliphatic heterocycles. The SMILES string of the molecule is Cc1nc2ccc(-c3ccnc(N)c3)nc2n1-c1cc(F)c(N2CC3(CNC3)C2)c(F)c1. The first-order valence-corrected chi connectivity index (χ1v) is 10.5. The number of rotatable bonds is 3. The number of halogens is 2. The summed E-state index contributed by atoms with van der Waals surface area (Å²) in [5, 5.41) is 3.23. The van der Waals surface area contributed by atoms with Gasteiger partial charge in [0.2, 0.25) is 0 Å². The number of nitrogen functional groups attached to an aromatic ring is 1. The highest BCUT2D eigenvalue weighted by molar-refractivity contribution is 5.78. The minimum absolute atomic E-state index is 0.0363. The number of pyridine rings is 2. The molecule has 162 valence electrons. The van der Waals surface area contributed by atoms with Crippen molar-refractivity contribution in [2.24, 2.45) is 5.41 Å². The van der Waals surface area contributed by atoms with Gasteiger partial charge in [-0.1, -0.05) is 0 Å². The van der Waals surface area contributed by atoms with Crippen molar-refractivity contribution in [1.29, 1.82) is 0 Å². The number of hydrogen-bond donors (Lipinski definition) is 2. The van der Waals surface area contributed by atoms with E-state index in [4.69, 9.17) is 10.7 Å². The molecular formula is C23H21F2N7. The highest BCUT2D eigenvalue weighted by atomic mass is 19.1. The van der Waals surface area contributed by atoms with Crippen molar-refractivity contribution in [1.82, 2.24) is 24.8 Å².